The molecule has 2 rings (SSSR count). The van der Waals surface area contributed by atoms with Crippen LogP contribution in [0, 0.1) is 5.92 Å². The largest absolute Gasteiger partial charge is 0.334 e. The standard InChI is InChI=1S/C20H25N3O2S/c1-14(2)18(19(24)22-16-9-11-17(26-3)12-10-16)23-20(25)21-13-15-7-5-4-6-8-15/h4-12,14,18H,13H2,1-3H3,(H,22,24)(H2,21,23,25)/t18-/m0/s1. The van der Waals surface area contributed by atoms with E-state index in [9.17, 15) is 9.59 Å². The van der Waals surface area contributed by atoms with Gasteiger partial charge in [-0.25, -0.2) is 4.79 Å². The minimum absolute atomic E-state index is 0.0389. The Bertz CT molecular complexity index is 718. The molecule has 1 atom stereocenters. The number of rotatable bonds is 7. The van der Waals surface area contributed by atoms with E-state index in [0.717, 1.165) is 10.5 Å². The molecule has 0 unspecified atom stereocenters. The maximum atomic E-state index is 12.6. The lowest BCUT2D eigenvalue weighted by atomic mass is 10.0. The molecule has 2 aromatic carbocycles. The average Bonchev–Trinajstić information content (AvgIpc) is 2.65. The van der Waals surface area contributed by atoms with Crippen LogP contribution < -0.4 is 16.0 Å². The third-order valence-electron chi connectivity index (χ3n) is 3.89. The first-order valence-corrected chi connectivity index (χ1v) is 9.75. The molecule has 0 bridgehead atoms. The van der Waals surface area contributed by atoms with E-state index in [1.807, 2.05) is 74.7 Å². The Morgan fingerprint density at radius 3 is 2.23 bits per heavy atom. The van der Waals surface area contributed by atoms with Crippen LogP contribution in [0.15, 0.2) is 59.5 Å². The molecular weight excluding hydrogens is 346 g/mol. The van der Waals surface area contributed by atoms with Gasteiger partial charge in [-0.15, -0.1) is 11.8 Å². The summed E-state index contributed by atoms with van der Waals surface area (Å²) in [5, 5.41) is 8.41. The molecule has 138 valence electrons. The van der Waals surface area contributed by atoms with E-state index in [-0.39, 0.29) is 17.9 Å². The normalized spacial score (nSPS) is 11.7. The number of thioether (sulfide) groups is 1. The van der Waals surface area contributed by atoms with Gasteiger partial charge in [-0.3, -0.25) is 4.79 Å². The van der Waals surface area contributed by atoms with Crippen LogP contribution in [0.5, 0.6) is 0 Å². The first-order chi connectivity index (χ1) is 12.5. The van der Waals surface area contributed by atoms with E-state index in [0.29, 0.717) is 12.2 Å². The highest BCUT2D eigenvalue weighted by Gasteiger charge is 2.24. The second-order valence-electron chi connectivity index (χ2n) is 6.25. The molecule has 0 fully saturated rings. The van der Waals surface area contributed by atoms with Gasteiger partial charge in [0.2, 0.25) is 5.91 Å². The smallest absolute Gasteiger partial charge is 0.315 e. The molecule has 6 heteroatoms. The Balaban J connectivity index is 1.91. The van der Waals surface area contributed by atoms with Crippen LogP contribution >= 0.6 is 11.8 Å². The molecule has 0 aliphatic rings. The molecule has 0 spiro atoms. The minimum atomic E-state index is -0.619. The Hall–Kier alpha value is -2.47. The number of hydrogen-bond acceptors (Lipinski definition) is 3. The minimum Gasteiger partial charge on any atom is -0.334 e. The van der Waals surface area contributed by atoms with Crippen LogP contribution in [0.25, 0.3) is 0 Å². The number of anilines is 1. The average molecular weight is 372 g/mol. The van der Waals surface area contributed by atoms with Gasteiger partial charge in [-0.1, -0.05) is 44.2 Å². The van der Waals surface area contributed by atoms with Gasteiger partial charge in [0.05, 0.1) is 0 Å². The molecule has 0 saturated carbocycles. The van der Waals surface area contributed by atoms with E-state index < -0.39 is 6.04 Å². The van der Waals surface area contributed by atoms with Crippen molar-refractivity contribution < 1.29 is 9.59 Å². The monoisotopic (exact) mass is 371 g/mol. The van der Waals surface area contributed by atoms with E-state index in [4.69, 9.17) is 0 Å². The van der Waals surface area contributed by atoms with Crippen LogP contribution in [0.4, 0.5) is 10.5 Å². The van der Waals surface area contributed by atoms with Crippen molar-refractivity contribution in [3.8, 4) is 0 Å². The van der Waals surface area contributed by atoms with E-state index in [1.165, 1.54) is 0 Å². The zero-order valence-corrected chi connectivity index (χ0v) is 16.1. The third-order valence-corrected chi connectivity index (χ3v) is 4.63. The summed E-state index contributed by atoms with van der Waals surface area (Å²) in [6.07, 6.45) is 2.00. The molecule has 0 aliphatic carbocycles. The summed E-state index contributed by atoms with van der Waals surface area (Å²) in [7, 11) is 0. The Kier molecular flexibility index (Phi) is 7.53. The number of benzene rings is 2. The van der Waals surface area contributed by atoms with Crippen molar-refractivity contribution in [2.45, 2.75) is 31.3 Å². The van der Waals surface area contributed by atoms with Gasteiger partial charge in [-0.05, 0) is 42.0 Å². The fourth-order valence-electron chi connectivity index (χ4n) is 2.40. The topological polar surface area (TPSA) is 70.2 Å². The number of hydrogen-bond donors (Lipinski definition) is 3. The van der Waals surface area contributed by atoms with Gasteiger partial charge in [0.25, 0.3) is 0 Å². The summed E-state index contributed by atoms with van der Waals surface area (Å²) in [5.74, 6) is -0.269. The lowest BCUT2D eigenvalue weighted by Gasteiger charge is -2.22. The third kappa shape index (κ3) is 6.11. The van der Waals surface area contributed by atoms with Crippen LogP contribution in [0.3, 0.4) is 0 Å². The van der Waals surface area contributed by atoms with Gasteiger partial charge in [0.1, 0.15) is 6.04 Å². The fraction of sp³-hybridized carbons (Fsp3) is 0.300. The molecular formula is C20H25N3O2S. The van der Waals surface area contributed by atoms with Gasteiger partial charge >= 0.3 is 6.03 Å². The lowest BCUT2D eigenvalue weighted by molar-refractivity contribution is -0.118. The summed E-state index contributed by atoms with van der Waals surface area (Å²) < 4.78 is 0. The second kappa shape index (κ2) is 9.87. The van der Waals surface area contributed by atoms with Crippen molar-refractivity contribution in [1.82, 2.24) is 10.6 Å². The SMILES string of the molecule is CSc1ccc(NC(=O)[C@@H](NC(=O)NCc2ccccc2)C(C)C)cc1. The summed E-state index contributed by atoms with van der Waals surface area (Å²) in [4.78, 5) is 25.9. The van der Waals surface area contributed by atoms with Crippen LogP contribution in [-0.2, 0) is 11.3 Å². The summed E-state index contributed by atoms with van der Waals surface area (Å²) >= 11 is 1.64. The van der Waals surface area contributed by atoms with Crippen molar-refractivity contribution in [2.24, 2.45) is 5.92 Å². The van der Waals surface area contributed by atoms with Crippen molar-refractivity contribution in [1.29, 1.82) is 0 Å². The predicted molar refractivity (Wildman–Crippen MR) is 107 cm³/mol. The Morgan fingerprint density at radius 2 is 1.65 bits per heavy atom. The first kappa shape index (κ1) is 19.8. The van der Waals surface area contributed by atoms with Crippen molar-refractivity contribution in [3.05, 3.63) is 60.2 Å². The fourth-order valence-corrected chi connectivity index (χ4v) is 2.81. The van der Waals surface area contributed by atoms with Crippen LogP contribution in [0.1, 0.15) is 19.4 Å². The molecule has 26 heavy (non-hydrogen) atoms. The molecule has 3 amide bonds. The maximum absolute atomic E-state index is 12.6. The predicted octanol–water partition coefficient (Wildman–Crippen LogP) is 3.87. The molecule has 5 nitrogen and oxygen atoms in total. The van der Waals surface area contributed by atoms with Crippen molar-refractivity contribution in [2.75, 3.05) is 11.6 Å². The Labute approximate surface area is 159 Å². The highest BCUT2D eigenvalue weighted by molar-refractivity contribution is 7.98. The first-order valence-electron chi connectivity index (χ1n) is 8.53. The van der Waals surface area contributed by atoms with Gasteiger partial charge in [0, 0.05) is 17.1 Å². The molecule has 3 N–H and O–H groups in total. The molecule has 0 saturated heterocycles. The quantitative estimate of drug-likeness (QED) is 0.647. The number of carbonyl (C=O) groups excluding carboxylic acids is 2. The highest BCUT2D eigenvalue weighted by Crippen LogP contribution is 2.18. The molecule has 0 heterocycles. The number of nitrogens with one attached hydrogen (secondary N) is 3. The van der Waals surface area contributed by atoms with E-state index in [2.05, 4.69) is 16.0 Å². The second-order valence-corrected chi connectivity index (χ2v) is 7.13. The van der Waals surface area contributed by atoms with Crippen molar-refractivity contribution in [3.63, 3.8) is 0 Å². The zero-order chi connectivity index (χ0) is 18.9. The maximum Gasteiger partial charge on any atom is 0.315 e. The van der Waals surface area contributed by atoms with Gasteiger partial charge < -0.3 is 16.0 Å². The summed E-state index contributed by atoms with van der Waals surface area (Å²) in [6, 6.07) is 16.3. The summed E-state index contributed by atoms with van der Waals surface area (Å²) in [5.41, 5.74) is 1.71. The number of carbonyl (C=O) groups is 2. The highest BCUT2D eigenvalue weighted by atomic mass is 32.2. The number of urea groups is 1. The van der Waals surface area contributed by atoms with Gasteiger partial charge in [-0.2, -0.15) is 0 Å². The molecule has 2 aromatic rings. The molecule has 0 radical (unpaired) electrons. The molecule has 0 aromatic heterocycles. The van der Waals surface area contributed by atoms with E-state index in [1.54, 1.807) is 11.8 Å². The Morgan fingerprint density at radius 1 is 1.00 bits per heavy atom. The summed E-state index contributed by atoms with van der Waals surface area (Å²) in [6.45, 7) is 4.21. The van der Waals surface area contributed by atoms with E-state index >= 15 is 0 Å². The van der Waals surface area contributed by atoms with Crippen LogP contribution in [0.2, 0.25) is 0 Å². The zero-order valence-electron chi connectivity index (χ0n) is 15.3. The lowest BCUT2D eigenvalue weighted by Crippen LogP contribution is -2.50. The van der Waals surface area contributed by atoms with Crippen LogP contribution in [-0.4, -0.2) is 24.2 Å². The van der Waals surface area contributed by atoms with Crippen molar-refractivity contribution >= 4 is 29.4 Å². The number of amides is 3. The van der Waals surface area contributed by atoms with Gasteiger partial charge in [0.15, 0.2) is 0 Å². The molecule has 0 aliphatic heterocycles.